The van der Waals surface area contributed by atoms with Gasteiger partial charge in [0.2, 0.25) is 21.8 Å². The van der Waals surface area contributed by atoms with E-state index in [9.17, 15) is 13.2 Å². The number of nitrogens with zero attached hydrogens (tertiary/aromatic N) is 3. The number of amides is 1. The highest BCUT2D eigenvalue weighted by molar-refractivity contribution is 7.93. The van der Waals surface area contributed by atoms with Crippen LogP contribution < -0.4 is 9.04 Å². The molecule has 0 aromatic carbocycles. The maximum atomic E-state index is 12.5. The van der Waals surface area contributed by atoms with Crippen LogP contribution in [0.4, 0.5) is 5.69 Å². The summed E-state index contributed by atoms with van der Waals surface area (Å²) in [5.74, 6) is 1.53. The zero-order chi connectivity index (χ0) is 21.1. The number of piperidine rings is 1. The number of likely N-dealkylation sites (tertiary alicyclic amines) is 1. The van der Waals surface area contributed by atoms with Gasteiger partial charge in [-0.3, -0.25) is 9.10 Å². The molecule has 2 saturated carbocycles. The van der Waals surface area contributed by atoms with Crippen LogP contribution in [0.3, 0.4) is 0 Å². The van der Waals surface area contributed by atoms with Crippen LogP contribution in [0.15, 0.2) is 18.3 Å². The zero-order valence-corrected chi connectivity index (χ0v) is 18.6. The summed E-state index contributed by atoms with van der Waals surface area (Å²) in [6, 6.07) is 3.47. The van der Waals surface area contributed by atoms with Crippen LogP contribution in [-0.2, 0) is 14.8 Å². The first-order valence-electron chi connectivity index (χ1n) is 11.3. The molecule has 0 atom stereocenters. The molecule has 1 saturated heterocycles. The Morgan fingerprint density at radius 3 is 2.43 bits per heavy atom. The smallest absolute Gasteiger partial charge is 0.237 e. The van der Waals surface area contributed by atoms with E-state index in [0.29, 0.717) is 18.0 Å². The van der Waals surface area contributed by atoms with E-state index in [-0.39, 0.29) is 17.3 Å². The Bertz CT molecular complexity index is 824. The van der Waals surface area contributed by atoms with Crippen molar-refractivity contribution in [3.8, 4) is 5.88 Å². The molecule has 0 radical (unpaired) electrons. The summed E-state index contributed by atoms with van der Waals surface area (Å²) in [5.41, 5.74) is 0.553. The van der Waals surface area contributed by atoms with E-state index in [4.69, 9.17) is 4.74 Å². The van der Waals surface area contributed by atoms with Gasteiger partial charge in [-0.1, -0.05) is 25.7 Å². The molecule has 1 aromatic rings. The molecule has 0 bridgehead atoms. The van der Waals surface area contributed by atoms with Crippen molar-refractivity contribution in [2.45, 2.75) is 75.6 Å². The minimum absolute atomic E-state index is 0.0372. The first-order chi connectivity index (χ1) is 14.4. The lowest BCUT2D eigenvalue weighted by molar-refractivity contribution is -0.133. The molecular weight excluding hydrogens is 402 g/mol. The van der Waals surface area contributed by atoms with Crippen molar-refractivity contribution in [2.75, 3.05) is 24.4 Å². The van der Waals surface area contributed by atoms with Crippen molar-refractivity contribution >= 4 is 21.6 Å². The fourth-order valence-corrected chi connectivity index (χ4v) is 6.12. The van der Waals surface area contributed by atoms with E-state index in [0.717, 1.165) is 51.1 Å². The van der Waals surface area contributed by atoms with Gasteiger partial charge in [-0.2, -0.15) is 0 Å². The normalized spacial score (nSPS) is 21.0. The zero-order valence-electron chi connectivity index (χ0n) is 17.8. The molecule has 30 heavy (non-hydrogen) atoms. The molecule has 3 aliphatic rings. The number of ether oxygens (including phenoxy) is 1. The number of anilines is 1. The highest BCUT2D eigenvalue weighted by atomic mass is 32.2. The third-order valence-corrected chi connectivity index (χ3v) is 9.02. The summed E-state index contributed by atoms with van der Waals surface area (Å²) >= 11 is 0. The van der Waals surface area contributed by atoms with E-state index in [1.54, 1.807) is 25.4 Å². The van der Waals surface area contributed by atoms with Crippen molar-refractivity contribution < 1.29 is 17.9 Å². The molecule has 4 rings (SSSR count). The predicted molar refractivity (Wildman–Crippen MR) is 116 cm³/mol. The fraction of sp³-hybridized carbons (Fsp3) is 0.727. The van der Waals surface area contributed by atoms with Crippen LogP contribution in [-0.4, -0.2) is 55.7 Å². The number of aromatic nitrogens is 1. The molecule has 2 heterocycles. The van der Waals surface area contributed by atoms with Crippen LogP contribution in [0.1, 0.15) is 64.2 Å². The van der Waals surface area contributed by atoms with Crippen molar-refractivity contribution in [2.24, 2.45) is 5.92 Å². The molecule has 0 N–H and O–H groups in total. The first kappa shape index (κ1) is 21.4. The quantitative estimate of drug-likeness (QED) is 0.626. The molecule has 166 valence electrons. The number of carbonyl (C=O) groups is 1. The van der Waals surface area contributed by atoms with Crippen LogP contribution in [0.5, 0.6) is 5.88 Å². The second-order valence-electron chi connectivity index (χ2n) is 8.95. The van der Waals surface area contributed by atoms with E-state index < -0.39 is 10.0 Å². The van der Waals surface area contributed by atoms with Gasteiger partial charge in [-0.15, -0.1) is 0 Å². The van der Waals surface area contributed by atoms with Crippen LogP contribution >= 0.6 is 0 Å². The van der Waals surface area contributed by atoms with E-state index in [2.05, 4.69) is 4.98 Å². The summed E-state index contributed by atoms with van der Waals surface area (Å²) in [6.07, 6.45) is 11.6. The Kier molecular flexibility index (Phi) is 6.51. The molecule has 3 fully saturated rings. The Morgan fingerprint density at radius 2 is 1.83 bits per heavy atom. The number of carbonyl (C=O) groups excluding carboxylic acids is 1. The lowest BCUT2D eigenvalue weighted by Gasteiger charge is -2.32. The van der Waals surface area contributed by atoms with Crippen LogP contribution in [0.25, 0.3) is 0 Å². The third-order valence-electron chi connectivity index (χ3n) is 6.73. The average Bonchev–Trinajstić information content (AvgIpc) is 3.50. The highest BCUT2D eigenvalue weighted by Crippen LogP contribution is 2.33. The van der Waals surface area contributed by atoms with Crippen LogP contribution in [0.2, 0.25) is 0 Å². The van der Waals surface area contributed by atoms with Gasteiger partial charge in [0, 0.05) is 45.5 Å². The number of hydrogen-bond acceptors (Lipinski definition) is 5. The van der Waals surface area contributed by atoms with Crippen molar-refractivity contribution in [1.29, 1.82) is 0 Å². The second-order valence-corrected chi connectivity index (χ2v) is 11.2. The molecule has 1 amide bonds. The average molecular weight is 436 g/mol. The molecule has 7 nitrogen and oxygen atoms in total. The highest BCUT2D eigenvalue weighted by Gasteiger charge is 2.39. The molecular formula is C22H33N3O4S. The number of hydrogen-bond donors (Lipinski definition) is 0. The molecule has 1 aromatic heterocycles. The number of pyridine rings is 1. The van der Waals surface area contributed by atoms with Gasteiger partial charge in [0.05, 0.1) is 17.1 Å². The fourth-order valence-electron chi connectivity index (χ4n) is 4.54. The van der Waals surface area contributed by atoms with Gasteiger partial charge >= 0.3 is 0 Å². The van der Waals surface area contributed by atoms with E-state index in [1.165, 1.54) is 30.0 Å². The summed E-state index contributed by atoms with van der Waals surface area (Å²) < 4.78 is 32.0. The lowest BCUT2D eigenvalue weighted by Crippen LogP contribution is -2.41. The topological polar surface area (TPSA) is 79.8 Å². The maximum Gasteiger partial charge on any atom is 0.237 e. The first-order valence-corrected chi connectivity index (χ1v) is 12.8. The molecule has 0 unspecified atom stereocenters. The van der Waals surface area contributed by atoms with Gasteiger partial charge < -0.3 is 9.64 Å². The van der Waals surface area contributed by atoms with Gasteiger partial charge in [-0.05, 0) is 31.2 Å². The van der Waals surface area contributed by atoms with Gasteiger partial charge in [0.25, 0.3) is 0 Å². The molecule has 1 aliphatic heterocycles. The van der Waals surface area contributed by atoms with E-state index >= 15 is 0 Å². The van der Waals surface area contributed by atoms with Gasteiger partial charge in [-0.25, -0.2) is 13.4 Å². The maximum absolute atomic E-state index is 12.5. The van der Waals surface area contributed by atoms with Crippen molar-refractivity contribution in [1.82, 2.24) is 9.88 Å². The Balaban J connectivity index is 1.22. The SMILES string of the molecule is CN(c1ccc(OC2CCN(C(=O)CCC3CCCC3)CC2)nc1)S(=O)(=O)C1CC1. The lowest BCUT2D eigenvalue weighted by atomic mass is 10.0. The van der Waals surface area contributed by atoms with Gasteiger partial charge in [0.1, 0.15) is 6.10 Å². The summed E-state index contributed by atoms with van der Waals surface area (Å²) in [4.78, 5) is 18.8. The molecule has 2 aliphatic carbocycles. The molecule has 0 spiro atoms. The minimum atomic E-state index is -3.27. The summed E-state index contributed by atoms with van der Waals surface area (Å²) in [5, 5.41) is -0.246. The Morgan fingerprint density at radius 1 is 1.13 bits per heavy atom. The Hall–Kier alpha value is -1.83. The number of rotatable bonds is 8. The van der Waals surface area contributed by atoms with Crippen LogP contribution in [0, 0.1) is 5.92 Å². The van der Waals surface area contributed by atoms with E-state index in [1.807, 2.05) is 4.90 Å². The van der Waals surface area contributed by atoms with Crippen molar-refractivity contribution in [3.05, 3.63) is 18.3 Å². The third kappa shape index (κ3) is 5.07. The standard InChI is InChI=1S/C22H33N3O4S/c1-24(30(27,28)20-8-9-20)18-7-10-21(23-16-18)29-19-12-14-25(15-13-19)22(26)11-6-17-4-2-3-5-17/h7,10,16-17,19-20H,2-6,8-9,11-15H2,1H3. The predicted octanol–water partition coefficient (Wildman–Crippen LogP) is 3.35. The van der Waals surface area contributed by atoms with Crippen molar-refractivity contribution in [3.63, 3.8) is 0 Å². The minimum Gasteiger partial charge on any atom is -0.474 e. The Labute approximate surface area is 179 Å². The molecule has 8 heteroatoms. The summed E-state index contributed by atoms with van der Waals surface area (Å²) in [7, 11) is -1.69. The summed E-state index contributed by atoms with van der Waals surface area (Å²) in [6.45, 7) is 1.46. The monoisotopic (exact) mass is 435 g/mol. The van der Waals surface area contributed by atoms with Gasteiger partial charge in [0.15, 0.2) is 0 Å². The second kappa shape index (κ2) is 9.12. The number of sulfonamides is 1. The largest absolute Gasteiger partial charge is 0.474 e.